The molecule has 0 spiro atoms. The summed E-state index contributed by atoms with van der Waals surface area (Å²) in [6, 6.07) is 7.94. The minimum Gasteiger partial charge on any atom is -0.383 e. The van der Waals surface area contributed by atoms with Gasteiger partial charge in [0.25, 0.3) is 5.91 Å². The zero-order valence-corrected chi connectivity index (χ0v) is 13.8. The number of carbonyl (C=O) groups is 1. The number of aromatic nitrogens is 2. The van der Waals surface area contributed by atoms with Crippen LogP contribution in [-0.2, 0) is 17.7 Å². The summed E-state index contributed by atoms with van der Waals surface area (Å²) in [5.41, 5.74) is 1.76. The third-order valence-electron chi connectivity index (χ3n) is 3.68. The van der Waals surface area contributed by atoms with Crippen molar-refractivity contribution >= 4 is 28.1 Å². The maximum atomic E-state index is 12.5. The Morgan fingerprint density at radius 1 is 1.39 bits per heavy atom. The topological polar surface area (TPSA) is 56.1 Å². The minimum atomic E-state index is -0.0473. The summed E-state index contributed by atoms with van der Waals surface area (Å²) >= 11 is 1.61. The zero-order valence-electron chi connectivity index (χ0n) is 13.0. The van der Waals surface area contributed by atoms with Gasteiger partial charge in [0.1, 0.15) is 0 Å². The molecule has 2 heterocycles. The second-order valence-corrected chi connectivity index (χ2v) is 6.16. The van der Waals surface area contributed by atoms with Gasteiger partial charge >= 0.3 is 0 Å². The number of benzene rings is 1. The molecule has 0 radical (unpaired) electrons. The molecule has 120 valence electrons. The molecule has 2 aromatic heterocycles. The van der Waals surface area contributed by atoms with Crippen molar-refractivity contribution in [3.05, 3.63) is 52.6 Å². The predicted molar refractivity (Wildman–Crippen MR) is 92.0 cm³/mol. The lowest BCUT2D eigenvalue weighted by atomic mass is 10.1. The Kier molecular flexibility index (Phi) is 5.05. The second kappa shape index (κ2) is 7.39. The van der Waals surface area contributed by atoms with Crippen LogP contribution in [0.4, 0.5) is 0 Å². The smallest absolute Gasteiger partial charge is 0.253 e. The van der Waals surface area contributed by atoms with E-state index >= 15 is 0 Å². The number of hydrogen-bond donors (Lipinski definition) is 1. The molecule has 0 saturated heterocycles. The SMILES string of the molecule is COCCn1cc(C(=O)NCCc2nccs2)c2ccccc21. The van der Waals surface area contributed by atoms with E-state index < -0.39 is 0 Å². The molecule has 1 N–H and O–H groups in total. The lowest BCUT2D eigenvalue weighted by Crippen LogP contribution is -2.25. The number of hydrogen-bond acceptors (Lipinski definition) is 4. The number of carbonyl (C=O) groups excluding carboxylic acids is 1. The number of methoxy groups -OCH3 is 1. The fourth-order valence-electron chi connectivity index (χ4n) is 2.56. The van der Waals surface area contributed by atoms with E-state index in [0.717, 1.165) is 28.9 Å². The van der Waals surface area contributed by atoms with Gasteiger partial charge < -0.3 is 14.6 Å². The lowest BCUT2D eigenvalue weighted by molar-refractivity contribution is 0.0955. The van der Waals surface area contributed by atoms with Crippen LogP contribution < -0.4 is 5.32 Å². The number of thiazole rings is 1. The number of amides is 1. The molecule has 0 bridgehead atoms. The molecule has 0 aliphatic rings. The first-order valence-electron chi connectivity index (χ1n) is 7.53. The van der Waals surface area contributed by atoms with Crippen LogP contribution in [0.5, 0.6) is 0 Å². The minimum absolute atomic E-state index is 0.0473. The molecule has 3 rings (SSSR count). The third-order valence-corrected chi connectivity index (χ3v) is 4.52. The van der Waals surface area contributed by atoms with Crippen molar-refractivity contribution in [1.82, 2.24) is 14.9 Å². The molecular weight excluding hydrogens is 310 g/mol. The van der Waals surface area contributed by atoms with E-state index in [1.54, 1.807) is 24.6 Å². The van der Waals surface area contributed by atoms with Crippen molar-refractivity contribution < 1.29 is 9.53 Å². The molecule has 1 amide bonds. The molecule has 0 fully saturated rings. The van der Waals surface area contributed by atoms with Crippen molar-refractivity contribution in [2.75, 3.05) is 20.3 Å². The maximum Gasteiger partial charge on any atom is 0.253 e. The molecule has 0 saturated carbocycles. The summed E-state index contributed by atoms with van der Waals surface area (Å²) in [5, 5.41) is 6.93. The third kappa shape index (κ3) is 3.60. The summed E-state index contributed by atoms with van der Waals surface area (Å²) in [7, 11) is 1.68. The number of nitrogens with zero attached hydrogens (tertiary/aromatic N) is 2. The molecule has 5 nitrogen and oxygen atoms in total. The Morgan fingerprint density at radius 3 is 3.04 bits per heavy atom. The Balaban J connectivity index is 1.74. The Labute approximate surface area is 138 Å². The van der Waals surface area contributed by atoms with Gasteiger partial charge in [0.2, 0.25) is 0 Å². The molecule has 1 aromatic carbocycles. The average Bonchev–Trinajstić information content (AvgIpc) is 3.20. The summed E-state index contributed by atoms with van der Waals surface area (Å²) < 4.78 is 7.21. The first kappa shape index (κ1) is 15.7. The Morgan fingerprint density at radius 2 is 2.26 bits per heavy atom. The highest BCUT2D eigenvalue weighted by molar-refractivity contribution is 7.09. The van der Waals surface area contributed by atoms with Gasteiger partial charge in [0, 0.05) is 55.3 Å². The number of rotatable bonds is 7. The van der Waals surface area contributed by atoms with E-state index in [1.165, 1.54) is 0 Å². The summed E-state index contributed by atoms with van der Waals surface area (Å²) in [6.45, 7) is 1.93. The molecule has 23 heavy (non-hydrogen) atoms. The van der Waals surface area contributed by atoms with E-state index in [4.69, 9.17) is 4.74 Å². The van der Waals surface area contributed by atoms with Crippen molar-refractivity contribution in [1.29, 1.82) is 0 Å². The number of ether oxygens (including phenoxy) is 1. The highest BCUT2D eigenvalue weighted by Crippen LogP contribution is 2.21. The fraction of sp³-hybridized carbons (Fsp3) is 0.294. The van der Waals surface area contributed by atoms with Crippen molar-refractivity contribution in [2.24, 2.45) is 0 Å². The molecule has 0 atom stereocenters. The first-order chi connectivity index (χ1) is 11.3. The van der Waals surface area contributed by atoms with Crippen LogP contribution in [0.2, 0.25) is 0 Å². The molecule has 0 aliphatic carbocycles. The van der Waals surface area contributed by atoms with Crippen LogP contribution in [0.25, 0.3) is 10.9 Å². The van der Waals surface area contributed by atoms with Gasteiger partial charge in [-0.05, 0) is 6.07 Å². The molecule has 0 aliphatic heterocycles. The largest absolute Gasteiger partial charge is 0.383 e. The van der Waals surface area contributed by atoms with Crippen LogP contribution in [-0.4, -0.2) is 35.7 Å². The van der Waals surface area contributed by atoms with Gasteiger partial charge in [-0.25, -0.2) is 4.98 Å². The highest BCUT2D eigenvalue weighted by Gasteiger charge is 2.14. The predicted octanol–water partition coefficient (Wildman–Crippen LogP) is 2.72. The Bertz CT molecular complexity index is 780. The van der Waals surface area contributed by atoms with Gasteiger partial charge in [-0.2, -0.15) is 0 Å². The van der Waals surface area contributed by atoms with E-state index in [-0.39, 0.29) is 5.91 Å². The number of para-hydroxylation sites is 1. The monoisotopic (exact) mass is 329 g/mol. The molecular formula is C17H19N3O2S. The molecule has 3 aromatic rings. The average molecular weight is 329 g/mol. The van der Waals surface area contributed by atoms with Gasteiger partial charge in [0.05, 0.1) is 17.2 Å². The molecule has 0 unspecified atom stereocenters. The second-order valence-electron chi connectivity index (χ2n) is 5.18. The number of nitrogens with one attached hydrogen (secondary N) is 1. The lowest BCUT2D eigenvalue weighted by Gasteiger charge is -2.03. The van der Waals surface area contributed by atoms with Gasteiger partial charge in [-0.3, -0.25) is 4.79 Å². The first-order valence-corrected chi connectivity index (χ1v) is 8.41. The molecule has 6 heteroatoms. The van der Waals surface area contributed by atoms with E-state index in [2.05, 4.69) is 14.9 Å². The summed E-state index contributed by atoms with van der Waals surface area (Å²) in [5.74, 6) is -0.0473. The summed E-state index contributed by atoms with van der Waals surface area (Å²) in [4.78, 5) is 16.7. The van der Waals surface area contributed by atoms with Crippen LogP contribution >= 0.6 is 11.3 Å². The van der Waals surface area contributed by atoms with Gasteiger partial charge in [0.15, 0.2) is 0 Å². The Hall–Kier alpha value is -2.18. The van der Waals surface area contributed by atoms with Crippen LogP contribution in [0, 0.1) is 0 Å². The fourth-order valence-corrected chi connectivity index (χ4v) is 3.18. The van der Waals surface area contributed by atoms with Crippen LogP contribution in [0.3, 0.4) is 0 Å². The van der Waals surface area contributed by atoms with E-state index in [9.17, 15) is 4.79 Å². The van der Waals surface area contributed by atoms with Crippen molar-refractivity contribution in [3.63, 3.8) is 0 Å². The van der Waals surface area contributed by atoms with Crippen LogP contribution in [0.15, 0.2) is 42.0 Å². The van der Waals surface area contributed by atoms with E-state index in [1.807, 2.05) is 35.8 Å². The zero-order chi connectivity index (χ0) is 16.1. The van der Waals surface area contributed by atoms with Gasteiger partial charge in [-0.1, -0.05) is 18.2 Å². The highest BCUT2D eigenvalue weighted by atomic mass is 32.1. The van der Waals surface area contributed by atoms with Gasteiger partial charge in [-0.15, -0.1) is 11.3 Å². The standard InChI is InChI=1S/C17H19N3O2S/c1-22-10-9-20-12-14(13-4-2-3-5-15(13)20)17(21)19-7-6-16-18-8-11-23-16/h2-5,8,11-12H,6-7,9-10H2,1H3,(H,19,21). The quantitative estimate of drug-likeness (QED) is 0.725. The number of fused-ring (bicyclic) bond motifs is 1. The summed E-state index contributed by atoms with van der Waals surface area (Å²) in [6.07, 6.45) is 4.44. The van der Waals surface area contributed by atoms with Crippen LogP contribution in [0.1, 0.15) is 15.4 Å². The van der Waals surface area contributed by atoms with E-state index in [0.29, 0.717) is 18.7 Å². The maximum absolute atomic E-state index is 12.5. The van der Waals surface area contributed by atoms with Crippen molar-refractivity contribution in [3.8, 4) is 0 Å². The van der Waals surface area contributed by atoms with Crippen molar-refractivity contribution in [2.45, 2.75) is 13.0 Å². The normalized spacial score (nSPS) is 11.0.